The molecule has 1 aliphatic heterocycles. The van der Waals surface area contributed by atoms with E-state index < -0.39 is 0 Å². The fourth-order valence-corrected chi connectivity index (χ4v) is 3.19. The lowest BCUT2D eigenvalue weighted by Gasteiger charge is -2.19. The van der Waals surface area contributed by atoms with Crippen LogP contribution in [0.4, 0.5) is 0 Å². The zero-order chi connectivity index (χ0) is 14.5. The minimum Gasteiger partial charge on any atom is -0.338 e. The van der Waals surface area contributed by atoms with Gasteiger partial charge in [0.25, 0.3) is 5.91 Å². The van der Waals surface area contributed by atoms with Gasteiger partial charge < -0.3 is 4.90 Å². The van der Waals surface area contributed by atoms with Crippen LogP contribution in [0.1, 0.15) is 16.8 Å². The van der Waals surface area contributed by atoms with Crippen LogP contribution in [0, 0.1) is 0 Å². The van der Waals surface area contributed by atoms with E-state index in [0.29, 0.717) is 11.4 Å². The maximum absolute atomic E-state index is 12.4. The van der Waals surface area contributed by atoms with Crippen molar-refractivity contribution in [1.29, 1.82) is 0 Å². The van der Waals surface area contributed by atoms with Gasteiger partial charge in [-0.05, 0) is 12.2 Å². The summed E-state index contributed by atoms with van der Waals surface area (Å²) in [5.74, 6) is 2.83. The van der Waals surface area contributed by atoms with E-state index in [1.54, 1.807) is 12.4 Å². The zero-order valence-electron chi connectivity index (χ0n) is 11.7. The highest BCUT2D eigenvalue weighted by Gasteiger charge is 2.18. The fraction of sp³-hybridized carbons (Fsp3) is 0.312. The molecule has 5 heteroatoms. The average molecular weight is 299 g/mol. The smallest absolute Gasteiger partial charge is 0.257 e. The van der Waals surface area contributed by atoms with Crippen molar-refractivity contribution in [2.45, 2.75) is 6.42 Å². The van der Waals surface area contributed by atoms with Crippen molar-refractivity contribution in [1.82, 2.24) is 14.9 Å². The number of hydrogen-bond acceptors (Lipinski definition) is 4. The van der Waals surface area contributed by atoms with Gasteiger partial charge in [-0.2, -0.15) is 11.8 Å². The van der Waals surface area contributed by atoms with E-state index in [-0.39, 0.29) is 5.91 Å². The Morgan fingerprint density at radius 3 is 2.57 bits per heavy atom. The highest BCUT2D eigenvalue weighted by molar-refractivity contribution is 7.99. The molecular formula is C16H17N3OS. The number of amides is 1. The van der Waals surface area contributed by atoms with E-state index >= 15 is 0 Å². The molecule has 4 nitrogen and oxygen atoms in total. The second-order valence-electron chi connectivity index (χ2n) is 4.92. The van der Waals surface area contributed by atoms with Crippen LogP contribution in [0.3, 0.4) is 0 Å². The molecule has 1 amide bonds. The quantitative estimate of drug-likeness (QED) is 0.855. The van der Waals surface area contributed by atoms with Gasteiger partial charge in [0.15, 0.2) is 5.82 Å². The predicted molar refractivity (Wildman–Crippen MR) is 85.3 cm³/mol. The third-order valence-corrected chi connectivity index (χ3v) is 4.49. The summed E-state index contributed by atoms with van der Waals surface area (Å²) in [7, 11) is 0. The van der Waals surface area contributed by atoms with Gasteiger partial charge in [-0.25, -0.2) is 9.97 Å². The first-order valence-electron chi connectivity index (χ1n) is 7.09. The molecule has 0 atom stereocenters. The number of carbonyl (C=O) groups excluding carboxylic acids is 1. The second-order valence-corrected chi connectivity index (χ2v) is 6.14. The Hall–Kier alpha value is -1.88. The van der Waals surface area contributed by atoms with Crippen LogP contribution in [0.2, 0.25) is 0 Å². The third-order valence-electron chi connectivity index (χ3n) is 3.44. The molecule has 0 unspecified atom stereocenters. The topological polar surface area (TPSA) is 46.1 Å². The molecule has 108 valence electrons. The summed E-state index contributed by atoms with van der Waals surface area (Å²) in [6.45, 7) is 1.64. The van der Waals surface area contributed by atoms with Crippen LogP contribution in [-0.2, 0) is 0 Å². The highest BCUT2D eigenvalue weighted by Crippen LogP contribution is 2.15. The van der Waals surface area contributed by atoms with Crippen molar-refractivity contribution >= 4 is 17.7 Å². The Morgan fingerprint density at radius 1 is 1.05 bits per heavy atom. The molecule has 0 spiro atoms. The van der Waals surface area contributed by atoms with Crippen LogP contribution in [0.25, 0.3) is 11.4 Å². The van der Waals surface area contributed by atoms with Crippen LogP contribution in [-0.4, -0.2) is 45.4 Å². The molecule has 0 N–H and O–H groups in total. The van der Waals surface area contributed by atoms with Gasteiger partial charge in [0.05, 0.1) is 5.56 Å². The molecule has 1 fully saturated rings. The number of benzene rings is 1. The van der Waals surface area contributed by atoms with Gasteiger partial charge in [0, 0.05) is 36.8 Å². The Morgan fingerprint density at radius 2 is 1.81 bits per heavy atom. The molecule has 1 saturated heterocycles. The first-order chi connectivity index (χ1) is 10.3. The normalized spacial score (nSPS) is 15.5. The number of hydrogen-bond donors (Lipinski definition) is 0. The van der Waals surface area contributed by atoms with Crippen molar-refractivity contribution in [3.8, 4) is 11.4 Å². The van der Waals surface area contributed by atoms with Crippen molar-refractivity contribution < 1.29 is 4.79 Å². The molecule has 0 radical (unpaired) electrons. The number of carbonyl (C=O) groups is 1. The molecule has 0 aliphatic carbocycles. The summed E-state index contributed by atoms with van der Waals surface area (Å²) in [6, 6.07) is 9.78. The minimum atomic E-state index is 0.0390. The number of aromatic nitrogens is 2. The molecule has 1 aliphatic rings. The lowest BCUT2D eigenvalue weighted by atomic mass is 10.2. The van der Waals surface area contributed by atoms with Crippen molar-refractivity contribution in [3.05, 3.63) is 48.3 Å². The van der Waals surface area contributed by atoms with Gasteiger partial charge >= 0.3 is 0 Å². The van der Waals surface area contributed by atoms with Crippen LogP contribution in [0.5, 0.6) is 0 Å². The number of thioether (sulfide) groups is 1. The maximum atomic E-state index is 12.4. The standard InChI is InChI=1S/C16H17N3OS/c20-16(19-7-4-9-21-10-8-19)14-11-17-15(18-12-14)13-5-2-1-3-6-13/h1-3,5-6,11-12H,4,7-10H2. The molecule has 3 rings (SSSR count). The minimum absolute atomic E-state index is 0.0390. The van der Waals surface area contributed by atoms with Gasteiger partial charge in [-0.3, -0.25) is 4.79 Å². The molecule has 1 aromatic carbocycles. The SMILES string of the molecule is O=C(c1cnc(-c2ccccc2)nc1)N1CCCSCC1. The molecular weight excluding hydrogens is 282 g/mol. The lowest BCUT2D eigenvalue weighted by molar-refractivity contribution is 0.0767. The largest absolute Gasteiger partial charge is 0.338 e. The summed E-state index contributed by atoms with van der Waals surface area (Å²) < 4.78 is 0. The Kier molecular flexibility index (Phi) is 4.50. The van der Waals surface area contributed by atoms with E-state index in [0.717, 1.165) is 36.6 Å². The van der Waals surface area contributed by atoms with Gasteiger partial charge in [0.2, 0.25) is 0 Å². The first kappa shape index (κ1) is 14.1. The van der Waals surface area contributed by atoms with E-state index in [9.17, 15) is 4.79 Å². The Bertz CT molecular complexity index is 593. The van der Waals surface area contributed by atoms with E-state index in [4.69, 9.17) is 0 Å². The van der Waals surface area contributed by atoms with Gasteiger partial charge in [0.1, 0.15) is 0 Å². The summed E-state index contributed by atoms with van der Waals surface area (Å²) in [4.78, 5) is 23.0. The van der Waals surface area contributed by atoms with Crippen molar-refractivity contribution in [2.75, 3.05) is 24.6 Å². The molecule has 0 bridgehead atoms. The lowest BCUT2D eigenvalue weighted by Crippen LogP contribution is -2.33. The highest BCUT2D eigenvalue weighted by atomic mass is 32.2. The molecule has 2 aromatic rings. The average Bonchev–Trinajstić information content (AvgIpc) is 2.84. The Labute approximate surface area is 128 Å². The van der Waals surface area contributed by atoms with Crippen LogP contribution in [0.15, 0.2) is 42.7 Å². The molecule has 1 aromatic heterocycles. The van der Waals surface area contributed by atoms with E-state index in [1.807, 2.05) is 47.0 Å². The molecule has 21 heavy (non-hydrogen) atoms. The zero-order valence-corrected chi connectivity index (χ0v) is 12.6. The van der Waals surface area contributed by atoms with Crippen LogP contribution >= 0.6 is 11.8 Å². The predicted octanol–water partition coefficient (Wildman–Crippen LogP) is 2.72. The van der Waals surface area contributed by atoms with E-state index in [1.165, 1.54) is 0 Å². The van der Waals surface area contributed by atoms with E-state index in [2.05, 4.69) is 9.97 Å². The van der Waals surface area contributed by atoms with Crippen molar-refractivity contribution in [3.63, 3.8) is 0 Å². The second kappa shape index (κ2) is 6.72. The summed E-state index contributed by atoms with van der Waals surface area (Å²) >= 11 is 1.91. The van der Waals surface area contributed by atoms with Gasteiger partial charge in [-0.15, -0.1) is 0 Å². The summed E-state index contributed by atoms with van der Waals surface area (Å²) in [5, 5.41) is 0. The monoisotopic (exact) mass is 299 g/mol. The van der Waals surface area contributed by atoms with Crippen molar-refractivity contribution in [2.24, 2.45) is 0 Å². The summed E-state index contributed by atoms with van der Waals surface area (Å²) in [5.41, 5.74) is 1.53. The fourth-order valence-electron chi connectivity index (χ4n) is 2.31. The number of rotatable bonds is 2. The molecule has 2 heterocycles. The molecule has 0 saturated carbocycles. The first-order valence-corrected chi connectivity index (χ1v) is 8.24. The van der Waals surface area contributed by atoms with Gasteiger partial charge in [-0.1, -0.05) is 30.3 Å². The van der Waals surface area contributed by atoms with Crippen LogP contribution < -0.4 is 0 Å². The maximum Gasteiger partial charge on any atom is 0.257 e. The Balaban J connectivity index is 1.76. The number of nitrogens with zero attached hydrogens (tertiary/aromatic N) is 3. The third kappa shape index (κ3) is 3.42. The summed E-state index contributed by atoms with van der Waals surface area (Å²) in [6.07, 6.45) is 4.32.